The molecule has 1 heterocycles. The monoisotopic (exact) mass is 384 g/mol. The van der Waals surface area contributed by atoms with Gasteiger partial charge in [0.05, 0.1) is 5.52 Å². The molecule has 2 rings (SSSR count). The molecule has 0 aliphatic rings. The number of nitrogens with zero attached hydrogens (tertiary/aromatic N) is 1. The molecule has 0 aliphatic carbocycles. The first-order valence-electron chi connectivity index (χ1n) is 6.60. The first-order chi connectivity index (χ1) is 9.08. The fourth-order valence-corrected chi connectivity index (χ4v) is 3.65. The number of aryl methyl sites for hydroxylation is 1. The number of hydrogen-bond acceptors (Lipinski definition) is 2. The minimum Gasteiger partial charge on any atom is -0.384 e. The van der Waals surface area contributed by atoms with Gasteiger partial charge >= 0.3 is 0 Å². The number of aromatic nitrogens is 1. The van der Waals surface area contributed by atoms with Crippen LogP contribution in [0.15, 0.2) is 21.1 Å². The summed E-state index contributed by atoms with van der Waals surface area (Å²) in [5.41, 5.74) is 4.67. The molecule has 1 aromatic carbocycles. The fourth-order valence-electron chi connectivity index (χ4n) is 2.33. The average molecular weight is 386 g/mol. The highest BCUT2D eigenvalue weighted by atomic mass is 79.9. The lowest BCUT2D eigenvalue weighted by Crippen LogP contribution is -2.06. The predicted octanol–water partition coefficient (Wildman–Crippen LogP) is 5.45. The van der Waals surface area contributed by atoms with Crippen LogP contribution in [-0.4, -0.2) is 11.5 Å². The lowest BCUT2D eigenvalue weighted by Gasteiger charge is -2.17. The highest BCUT2D eigenvalue weighted by molar-refractivity contribution is 9.11. The number of benzene rings is 1. The summed E-state index contributed by atoms with van der Waals surface area (Å²) >= 11 is 7.18. The fraction of sp³-hybridized carbons (Fsp3) is 0.400. The third-order valence-corrected chi connectivity index (χ3v) is 4.28. The van der Waals surface area contributed by atoms with Crippen LogP contribution in [0.5, 0.6) is 0 Å². The van der Waals surface area contributed by atoms with Crippen LogP contribution >= 0.6 is 31.9 Å². The van der Waals surface area contributed by atoms with Crippen LogP contribution in [0.3, 0.4) is 0 Å². The van der Waals surface area contributed by atoms with Crippen molar-refractivity contribution in [3.05, 3.63) is 32.3 Å². The third-order valence-electron chi connectivity index (χ3n) is 3.22. The van der Waals surface area contributed by atoms with Gasteiger partial charge in [0.25, 0.3) is 0 Å². The number of nitrogens with one attached hydrogen (secondary N) is 1. The van der Waals surface area contributed by atoms with Crippen LogP contribution in [0.1, 0.15) is 31.5 Å². The topological polar surface area (TPSA) is 24.9 Å². The van der Waals surface area contributed by atoms with E-state index in [4.69, 9.17) is 4.98 Å². The van der Waals surface area contributed by atoms with Crippen molar-refractivity contribution < 1.29 is 0 Å². The molecule has 0 saturated carbocycles. The van der Waals surface area contributed by atoms with E-state index in [0.29, 0.717) is 0 Å². The quantitative estimate of drug-likeness (QED) is 0.756. The molecule has 2 aromatic rings. The maximum absolute atomic E-state index is 4.75. The molecule has 0 unspecified atom stereocenters. The summed E-state index contributed by atoms with van der Waals surface area (Å²) in [4.78, 5) is 4.75. The van der Waals surface area contributed by atoms with Gasteiger partial charge < -0.3 is 5.32 Å². The second-order valence-electron chi connectivity index (χ2n) is 4.61. The zero-order chi connectivity index (χ0) is 14.0. The molecule has 0 spiro atoms. The van der Waals surface area contributed by atoms with Crippen molar-refractivity contribution in [2.75, 3.05) is 11.9 Å². The normalized spacial score (nSPS) is 11.0. The third kappa shape index (κ3) is 2.95. The first-order valence-corrected chi connectivity index (χ1v) is 8.19. The van der Waals surface area contributed by atoms with Gasteiger partial charge in [-0.25, -0.2) is 0 Å². The summed E-state index contributed by atoms with van der Waals surface area (Å²) in [5.74, 6) is 0. The Balaban J connectivity index is 2.76. The minimum absolute atomic E-state index is 0.982. The molecule has 2 nitrogen and oxygen atoms in total. The number of fused-ring (bicyclic) bond motifs is 1. The maximum Gasteiger partial charge on any atom is 0.0868 e. The molecule has 19 heavy (non-hydrogen) atoms. The molecular weight excluding hydrogens is 368 g/mol. The van der Waals surface area contributed by atoms with Crippen molar-refractivity contribution in [1.29, 1.82) is 0 Å². The molecule has 0 amide bonds. The van der Waals surface area contributed by atoms with E-state index >= 15 is 0 Å². The molecule has 0 bridgehead atoms. The Labute approximate surface area is 131 Å². The molecule has 0 radical (unpaired) electrons. The van der Waals surface area contributed by atoms with E-state index in [1.165, 1.54) is 16.6 Å². The van der Waals surface area contributed by atoms with Crippen LogP contribution in [-0.2, 0) is 6.42 Å². The molecule has 0 atom stereocenters. The van der Waals surface area contributed by atoms with Crippen LogP contribution in [0.4, 0.5) is 5.69 Å². The molecule has 1 N–H and O–H groups in total. The summed E-state index contributed by atoms with van der Waals surface area (Å²) in [6.07, 6.45) is 2.10. The number of halogens is 2. The van der Waals surface area contributed by atoms with E-state index in [9.17, 15) is 0 Å². The summed E-state index contributed by atoms with van der Waals surface area (Å²) in [5, 5.41) is 4.75. The number of pyridine rings is 1. The van der Waals surface area contributed by atoms with E-state index < -0.39 is 0 Å². The van der Waals surface area contributed by atoms with Gasteiger partial charge in [-0.05, 0) is 53.4 Å². The summed E-state index contributed by atoms with van der Waals surface area (Å²) in [6.45, 7) is 7.43. The molecule has 0 saturated heterocycles. The van der Waals surface area contributed by atoms with Crippen molar-refractivity contribution in [1.82, 2.24) is 4.98 Å². The van der Waals surface area contributed by atoms with Gasteiger partial charge in [0.1, 0.15) is 0 Å². The molecule has 1 aromatic heterocycles. The van der Waals surface area contributed by atoms with Gasteiger partial charge in [0.15, 0.2) is 0 Å². The Bertz CT molecular complexity index is 609. The number of hydrogen-bond donors (Lipinski definition) is 1. The highest BCUT2D eigenvalue weighted by Gasteiger charge is 2.13. The second-order valence-corrected chi connectivity index (χ2v) is 6.38. The smallest absolute Gasteiger partial charge is 0.0868 e. The summed E-state index contributed by atoms with van der Waals surface area (Å²) in [7, 11) is 0. The zero-order valence-electron chi connectivity index (χ0n) is 11.5. The zero-order valence-corrected chi connectivity index (χ0v) is 14.7. The Kier molecular flexibility index (Phi) is 4.85. The van der Waals surface area contributed by atoms with Crippen molar-refractivity contribution in [3.8, 4) is 0 Å². The molecule has 102 valence electrons. The number of rotatable bonds is 4. The van der Waals surface area contributed by atoms with E-state index in [1.54, 1.807) is 0 Å². The standard InChI is InChI=1S/C15H18Br2N2/c1-4-6-18-14-11(5-2)9(3)19-15-12(14)7-10(16)8-13(15)17/h7-8H,4-6H2,1-3H3,(H,18,19). The van der Waals surface area contributed by atoms with Crippen LogP contribution in [0.2, 0.25) is 0 Å². The second kappa shape index (κ2) is 6.23. The van der Waals surface area contributed by atoms with Crippen molar-refractivity contribution >= 4 is 48.5 Å². The lowest BCUT2D eigenvalue weighted by atomic mass is 10.0. The number of anilines is 1. The first kappa shape index (κ1) is 14.8. The SMILES string of the molecule is CCCNc1c(CC)c(C)nc2c(Br)cc(Br)cc12. The maximum atomic E-state index is 4.75. The van der Waals surface area contributed by atoms with E-state index in [0.717, 1.165) is 39.5 Å². The molecule has 4 heteroatoms. The van der Waals surface area contributed by atoms with E-state index in [-0.39, 0.29) is 0 Å². The summed E-state index contributed by atoms with van der Waals surface area (Å²) in [6, 6.07) is 4.19. The van der Waals surface area contributed by atoms with E-state index in [1.807, 2.05) is 6.07 Å². The van der Waals surface area contributed by atoms with E-state index in [2.05, 4.69) is 64.0 Å². The largest absolute Gasteiger partial charge is 0.384 e. The summed E-state index contributed by atoms with van der Waals surface area (Å²) < 4.78 is 2.10. The Hall–Kier alpha value is -0.610. The van der Waals surface area contributed by atoms with Gasteiger partial charge in [0, 0.05) is 32.3 Å². The van der Waals surface area contributed by atoms with Gasteiger partial charge in [-0.2, -0.15) is 0 Å². The lowest BCUT2D eigenvalue weighted by molar-refractivity contribution is 0.968. The molecule has 0 fully saturated rings. The van der Waals surface area contributed by atoms with Gasteiger partial charge in [0.2, 0.25) is 0 Å². The van der Waals surface area contributed by atoms with Gasteiger partial charge in [-0.1, -0.05) is 29.8 Å². The Morgan fingerprint density at radius 1 is 1.21 bits per heavy atom. The van der Waals surface area contributed by atoms with Crippen molar-refractivity contribution in [2.24, 2.45) is 0 Å². The van der Waals surface area contributed by atoms with Crippen LogP contribution in [0.25, 0.3) is 10.9 Å². The minimum atomic E-state index is 0.982. The Morgan fingerprint density at radius 3 is 2.58 bits per heavy atom. The van der Waals surface area contributed by atoms with Crippen molar-refractivity contribution in [3.63, 3.8) is 0 Å². The van der Waals surface area contributed by atoms with Crippen molar-refractivity contribution in [2.45, 2.75) is 33.6 Å². The predicted molar refractivity (Wildman–Crippen MR) is 90.0 cm³/mol. The van der Waals surface area contributed by atoms with Gasteiger partial charge in [-0.15, -0.1) is 0 Å². The average Bonchev–Trinajstić information content (AvgIpc) is 2.37. The van der Waals surface area contributed by atoms with Crippen LogP contribution in [0, 0.1) is 6.92 Å². The van der Waals surface area contributed by atoms with Gasteiger partial charge in [-0.3, -0.25) is 4.98 Å². The molecule has 0 aliphatic heterocycles. The van der Waals surface area contributed by atoms with Crippen LogP contribution < -0.4 is 5.32 Å². The molecular formula is C15H18Br2N2. The highest BCUT2D eigenvalue weighted by Crippen LogP contribution is 2.35. The Morgan fingerprint density at radius 2 is 1.95 bits per heavy atom.